The van der Waals surface area contributed by atoms with Gasteiger partial charge < -0.3 is 5.32 Å². The molecule has 15 heavy (non-hydrogen) atoms. The van der Waals surface area contributed by atoms with E-state index in [0.717, 1.165) is 17.0 Å². The van der Waals surface area contributed by atoms with Gasteiger partial charge in [-0.05, 0) is 24.6 Å². The van der Waals surface area contributed by atoms with Gasteiger partial charge in [-0.15, -0.1) is 0 Å². The Morgan fingerprint density at radius 3 is 2.33 bits per heavy atom. The third-order valence-corrected chi connectivity index (χ3v) is 1.98. The zero-order valence-corrected chi connectivity index (χ0v) is 9.88. The molecule has 0 radical (unpaired) electrons. The lowest BCUT2D eigenvalue weighted by Gasteiger charge is -2.13. The molecule has 1 N–H and O–H groups in total. The van der Waals surface area contributed by atoms with E-state index in [-0.39, 0.29) is 0 Å². The number of aliphatic imine (C=N–C) groups is 1. The molecule has 0 aliphatic carbocycles. The number of nitrogens with one attached hydrogen (secondary N) is 1. The largest absolute Gasteiger partial charge is 0.364 e. The summed E-state index contributed by atoms with van der Waals surface area (Å²) in [6.45, 7) is 17.4. The average Bonchev–Trinajstić information content (AvgIpc) is 2.18. The molecule has 0 fully saturated rings. The second-order valence-corrected chi connectivity index (χ2v) is 3.52. The summed E-state index contributed by atoms with van der Waals surface area (Å²) in [5.74, 6) is 0.364. The molecule has 0 unspecified atom stereocenters. The van der Waals surface area contributed by atoms with Crippen molar-refractivity contribution in [1.82, 2.24) is 5.32 Å². The zero-order valence-electron chi connectivity index (χ0n) is 9.88. The van der Waals surface area contributed by atoms with Gasteiger partial charge in [0.2, 0.25) is 0 Å². The summed E-state index contributed by atoms with van der Waals surface area (Å²) >= 11 is 0. The molecule has 82 valence electrons. The van der Waals surface area contributed by atoms with Crippen LogP contribution in [0.5, 0.6) is 0 Å². The van der Waals surface area contributed by atoms with E-state index in [1.165, 1.54) is 0 Å². The molecule has 0 aromatic carbocycles. The Bertz CT molecular complexity index is 306. The fourth-order valence-electron chi connectivity index (χ4n) is 1.04. The van der Waals surface area contributed by atoms with E-state index in [1.54, 1.807) is 18.5 Å². The van der Waals surface area contributed by atoms with Crippen LogP contribution < -0.4 is 5.32 Å². The minimum atomic E-state index is 0.364. The summed E-state index contributed by atoms with van der Waals surface area (Å²) < 4.78 is 0. The highest BCUT2D eigenvalue weighted by atomic mass is 14.9. The number of hydrogen-bond donors (Lipinski definition) is 1. The lowest BCUT2D eigenvalue weighted by molar-refractivity contribution is 0.770. The van der Waals surface area contributed by atoms with E-state index in [0.29, 0.717) is 5.92 Å². The monoisotopic (exact) mass is 204 g/mol. The van der Waals surface area contributed by atoms with Gasteiger partial charge in [0, 0.05) is 11.9 Å². The number of hydrogen-bond acceptors (Lipinski definition) is 2. The molecule has 0 bridgehead atoms. The molecule has 0 atom stereocenters. The molecule has 0 spiro atoms. The van der Waals surface area contributed by atoms with Gasteiger partial charge in [-0.25, -0.2) is 0 Å². The van der Waals surface area contributed by atoms with Crippen molar-refractivity contribution in [2.24, 2.45) is 10.9 Å². The first kappa shape index (κ1) is 13.4. The standard InChI is InChI=1S/C13H20N2/c1-7-9-15-13(11(5)10(3)4)12(6)14-8-2/h7-10,14H,1-2,5H2,3-4,6H3/b13-12+,15-9?. The fourth-order valence-corrected chi connectivity index (χ4v) is 1.04. The fraction of sp³-hybridized carbons (Fsp3) is 0.308. The molecule has 2 nitrogen and oxygen atoms in total. The smallest absolute Gasteiger partial charge is 0.0847 e. The van der Waals surface area contributed by atoms with Gasteiger partial charge in [-0.3, -0.25) is 4.99 Å². The summed E-state index contributed by atoms with van der Waals surface area (Å²) in [6.07, 6.45) is 4.94. The third-order valence-electron chi connectivity index (χ3n) is 1.98. The van der Waals surface area contributed by atoms with Crippen LogP contribution in [0, 0.1) is 5.92 Å². The lowest BCUT2D eigenvalue weighted by atomic mass is 10.0. The first-order chi connectivity index (χ1) is 7.04. The highest BCUT2D eigenvalue weighted by Gasteiger charge is 2.08. The SMILES string of the molecule is C=CC=N/C(C(=C)C(C)C)=C(\C)NC=C. The molecule has 0 saturated carbocycles. The Hall–Kier alpha value is -1.57. The Kier molecular flexibility index (Phi) is 6.11. The van der Waals surface area contributed by atoms with Crippen LogP contribution >= 0.6 is 0 Å². The Balaban J connectivity index is 5.12. The molecule has 2 heteroatoms. The summed E-state index contributed by atoms with van der Waals surface area (Å²) in [4.78, 5) is 4.31. The third kappa shape index (κ3) is 4.45. The van der Waals surface area contributed by atoms with Gasteiger partial charge in [0.1, 0.15) is 0 Å². The Morgan fingerprint density at radius 2 is 1.93 bits per heavy atom. The minimum absolute atomic E-state index is 0.364. The van der Waals surface area contributed by atoms with E-state index in [9.17, 15) is 0 Å². The van der Waals surface area contributed by atoms with Gasteiger partial charge >= 0.3 is 0 Å². The van der Waals surface area contributed by atoms with Crippen molar-refractivity contribution in [3.63, 3.8) is 0 Å². The molecule has 0 aromatic rings. The van der Waals surface area contributed by atoms with Gasteiger partial charge in [-0.2, -0.15) is 0 Å². The van der Waals surface area contributed by atoms with Crippen LogP contribution in [0.4, 0.5) is 0 Å². The van der Waals surface area contributed by atoms with Crippen molar-refractivity contribution < 1.29 is 0 Å². The molecular weight excluding hydrogens is 184 g/mol. The molecule has 0 heterocycles. The van der Waals surface area contributed by atoms with Crippen LogP contribution in [-0.4, -0.2) is 6.21 Å². The molecule has 0 saturated heterocycles. The summed E-state index contributed by atoms with van der Waals surface area (Å²) in [7, 11) is 0. The van der Waals surface area contributed by atoms with Crippen molar-refractivity contribution >= 4 is 6.21 Å². The summed E-state index contributed by atoms with van der Waals surface area (Å²) in [5.41, 5.74) is 2.81. The highest BCUT2D eigenvalue weighted by Crippen LogP contribution is 2.20. The minimum Gasteiger partial charge on any atom is -0.364 e. The van der Waals surface area contributed by atoms with Crippen LogP contribution in [0.3, 0.4) is 0 Å². The van der Waals surface area contributed by atoms with Crippen LogP contribution in [0.1, 0.15) is 20.8 Å². The van der Waals surface area contributed by atoms with Crippen molar-refractivity contribution in [1.29, 1.82) is 0 Å². The normalized spacial score (nSPS) is 12.5. The second kappa shape index (κ2) is 6.82. The van der Waals surface area contributed by atoms with Crippen molar-refractivity contribution in [2.75, 3.05) is 0 Å². The molecule has 0 aliphatic rings. The van der Waals surface area contributed by atoms with Gasteiger partial charge in [0.05, 0.1) is 5.70 Å². The van der Waals surface area contributed by atoms with E-state index >= 15 is 0 Å². The maximum absolute atomic E-state index is 4.31. The van der Waals surface area contributed by atoms with Crippen LogP contribution in [0.2, 0.25) is 0 Å². The maximum atomic E-state index is 4.31. The predicted octanol–water partition coefficient (Wildman–Crippen LogP) is 3.42. The molecule has 0 amide bonds. The zero-order chi connectivity index (χ0) is 11.8. The first-order valence-electron chi connectivity index (χ1n) is 4.97. The van der Waals surface area contributed by atoms with Crippen LogP contribution in [0.15, 0.2) is 54.0 Å². The van der Waals surface area contributed by atoms with Gasteiger partial charge in [0.15, 0.2) is 0 Å². The second-order valence-electron chi connectivity index (χ2n) is 3.52. The molecule has 0 aromatic heterocycles. The number of rotatable bonds is 6. The first-order valence-corrected chi connectivity index (χ1v) is 4.97. The van der Waals surface area contributed by atoms with E-state index < -0.39 is 0 Å². The average molecular weight is 204 g/mol. The predicted molar refractivity (Wildman–Crippen MR) is 68.7 cm³/mol. The van der Waals surface area contributed by atoms with Gasteiger partial charge in [-0.1, -0.05) is 39.7 Å². The van der Waals surface area contributed by atoms with Gasteiger partial charge in [0.25, 0.3) is 0 Å². The Labute approximate surface area is 92.8 Å². The quantitative estimate of drug-likeness (QED) is 0.520. The van der Waals surface area contributed by atoms with E-state index in [2.05, 4.69) is 43.9 Å². The summed E-state index contributed by atoms with van der Waals surface area (Å²) in [5, 5.41) is 3.02. The maximum Gasteiger partial charge on any atom is 0.0847 e. The highest BCUT2D eigenvalue weighted by molar-refractivity contribution is 5.72. The Morgan fingerprint density at radius 1 is 1.33 bits per heavy atom. The molecule has 0 rings (SSSR count). The number of allylic oxidation sites excluding steroid dienone is 3. The number of nitrogens with zero attached hydrogens (tertiary/aromatic N) is 1. The van der Waals surface area contributed by atoms with Crippen molar-refractivity contribution in [2.45, 2.75) is 20.8 Å². The van der Waals surface area contributed by atoms with Crippen LogP contribution in [0.25, 0.3) is 0 Å². The molecular formula is C13H20N2. The molecule has 0 aliphatic heterocycles. The van der Waals surface area contributed by atoms with E-state index in [1.807, 2.05) is 6.92 Å². The van der Waals surface area contributed by atoms with Crippen molar-refractivity contribution in [3.8, 4) is 0 Å². The van der Waals surface area contributed by atoms with Crippen LogP contribution in [-0.2, 0) is 0 Å². The van der Waals surface area contributed by atoms with Crippen molar-refractivity contribution in [3.05, 3.63) is 49.0 Å². The lowest BCUT2D eigenvalue weighted by Crippen LogP contribution is -2.07. The topological polar surface area (TPSA) is 24.4 Å². The summed E-state index contributed by atoms with van der Waals surface area (Å²) in [6, 6.07) is 0. The van der Waals surface area contributed by atoms with E-state index in [4.69, 9.17) is 0 Å².